The van der Waals surface area contributed by atoms with Crippen LogP contribution in [0.25, 0.3) is 16.7 Å². The van der Waals surface area contributed by atoms with Gasteiger partial charge in [-0.2, -0.15) is 0 Å². The van der Waals surface area contributed by atoms with E-state index in [0.29, 0.717) is 13.0 Å². The first-order valence-corrected chi connectivity index (χ1v) is 9.25. The molecule has 2 aromatic carbocycles. The smallest absolute Gasteiger partial charge is 0.320 e. The van der Waals surface area contributed by atoms with Crippen LogP contribution in [0.3, 0.4) is 0 Å². The van der Waals surface area contributed by atoms with E-state index < -0.39 is 12.0 Å². The summed E-state index contributed by atoms with van der Waals surface area (Å²) in [5.41, 5.74) is 2.91. The van der Waals surface area contributed by atoms with Gasteiger partial charge in [0.15, 0.2) is 0 Å². The Morgan fingerprint density at radius 2 is 1.96 bits per heavy atom. The number of rotatable bonds is 5. The molecular weight excluding hydrogens is 342 g/mol. The number of piperidine rings is 1. The van der Waals surface area contributed by atoms with Crippen molar-refractivity contribution in [1.82, 2.24) is 14.5 Å². The number of carbonyl (C=O) groups is 1. The quantitative estimate of drug-likeness (QED) is 0.750. The predicted octanol–water partition coefficient (Wildman–Crippen LogP) is 3.47. The largest absolute Gasteiger partial charge is 0.497 e. The van der Waals surface area contributed by atoms with Gasteiger partial charge in [-0.05, 0) is 55.8 Å². The summed E-state index contributed by atoms with van der Waals surface area (Å²) in [4.78, 5) is 18.5. The SMILES string of the molecule is COc1ccc(-n2c(CN3CCCCC3C(=O)O)nc3ccccc32)cc1. The van der Waals surface area contributed by atoms with Crippen molar-refractivity contribution in [1.29, 1.82) is 0 Å². The summed E-state index contributed by atoms with van der Waals surface area (Å²) in [5, 5.41) is 9.59. The maximum Gasteiger partial charge on any atom is 0.320 e. The molecule has 0 saturated carbocycles. The van der Waals surface area contributed by atoms with Gasteiger partial charge in [0.25, 0.3) is 0 Å². The van der Waals surface area contributed by atoms with Crippen LogP contribution in [0.5, 0.6) is 5.75 Å². The van der Waals surface area contributed by atoms with Gasteiger partial charge in [-0.1, -0.05) is 18.6 Å². The number of benzene rings is 2. The van der Waals surface area contributed by atoms with Crippen molar-refractivity contribution in [2.75, 3.05) is 13.7 Å². The first kappa shape index (κ1) is 17.5. The van der Waals surface area contributed by atoms with Crippen LogP contribution in [-0.2, 0) is 11.3 Å². The highest BCUT2D eigenvalue weighted by atomic mass is 16.5. The summed E-state index contributed by atoms with van der Waals surface area (Å²) in [5.74, 6) is 0.906. The molecule has 0 radical (unpaired) electrons. The van der Waals surface area contributed by atoms with Crippen LogP contribution in [0.4, 0.5) is 0 Å². The Morgan fingerprint density at radius 3 is 2.70 bits per heavy atom. The molecule has 1 atom stereocenters. The maximum absolute atomic E-state index is 11.7. The summed E-state index contributed by atoms with van der Waals surface area (Å²) in [6, 6.07) is 15.4. The van der Waals surface area contributed by atoms with E-state index in [0.717, 1.165) is 47.7 Å². The molecule has 1 saturated heterocycles. The number of aliphatic carboxylic acids is 1. The average Bonchev–Trinajstić information content (AvgIpc) is 3.06. The van der Waals surface area contributed by atoms with E-state index in [1.54, 1.807) is 7.11 Å². The zero-order valence-corrected chi connectivity index (χ0v) is 15.3. The van der Waals surface area contributed by atoms with Gasteiger partial charge in [0.2, 0.25) is 0 Å². The van der Waals surface area contributed by atoms with Gasteiger partial charge < -0.3 is 9.84 Å². The summed E-state index contributed by atoms with van der Waals surface area (Å²) in [6.07, 6.45) is 2.67. The molecule has 6 nitrogen and oxygen atoms in total. The van der Waals surface area contributed by atoms with Crippen molar-refractivity contribution in [2.24, 2.45) is 0 Å². The minimum Gasteiger partial charge on any atom is -0.497 e. The highest BCUT2D eigenvalue weighted by Gasteiger charge is 2.29. The monoisotopic (exact) mass is 365 g/mol. The Balaban J connectivity index is 1.76. The fourth-order valence-electron chi connectivity index (χ4n) is 3.84. The molecule has 0 amide bonds. The van der Waals surface area contributed by atoms with Crippen LogP contribution in [0.2, 0.25) is 0 Å². The van der Waals surface area contributed by atoms with Gasteiger partial charge in [-0.3, -0.25) is 14.3 Å². The Bertz CT molecular complexity index is 949. The molecule has 140 valence electrons. The number of hydrogen-bond donors (Lipinski definition) is 1. The van der Waals surface area contributed by atoms with E-state index in [1.165, 1.54) is 0 Å². The fraction of sp³-hybridized carbons (Fsp3) is 0.333. The standard InChI is InChI=1S/C21H23N3O3/c1-27-16-11-9-15(10-12-16)24-18-7-3-2-6-17(18)22-20(24)14-23-13-5-4-8-19(23)21(25)26/h2-3,6-7,9-12,19H,4-5,8,13-14H2,1H3,(H,25,26). The molecule has 0 aliphatic carbocycles. The number of likely N-dealkylation sites (tertiary alicyclic amines) is 1. The molecule has 1 aliphatic rings. The van der Waals surface area contributed by atoms with Crippen LogP contribution in [0, 0.1) is 0 Å². The van der Waals surface area contributed by atoms with Gasteiger partial charge in [0, 0.05) is 5.69 Å². The molecule has 1 aliphatic heterocycles. The summed E-state index contributed by atoms with van der Waals surface area (Å²) in [6.45, 7) is 1.29. The molecule has 1 aromatic heterocycles. The van der Waals surface area contributed by atoms with Crippen molar-refractivity contribution < 1.29 is 14.6 Å². The van der Waals surface area contributed by atoms with Crippen LogP contribution in [-0.4, -0.2) is 45.2 Å². The second kappa shape index (κ2) is 7.40. The third-order valence-electron chi connectivity index (χ3n) is 5.20. The van der Waals surface area contributed by atoms with Crippen molar-refractivity contribution in [3.8, 4) is 11.4 Å². The Labute approximate surface area is 158 Å². The number of aromatic nitrogens is 2. The average molecular weight is 365 g/mol. The van der Waals surface area contributed by atoms with E-state index in [9.17, 15) is 9.90 Å². The van der Waals surface area contributed by atoms with Crippen molar-refractivity contribution in [3.05, 3.63) is 54.4 Å². The zero-order chi connectivity index (χ0) is 18.8. The molecule has 1 fully saturated rings. The second-order valence-electron chi connectivity index (χ2n) is 6.87. The molecule has 6 heteroatoms. The van der Waals surface area contributed by atoms with E-state index in [2.05, 4.69) is 4.57 Å². The maximum atomic E-state index is 11.7. The number of nitrogens with zero attached hydrogens (tertiary/aromatic N) is 3. The summed E-state index contributed by atoms with van der Waals surface area (Å²) >= 11 is 0. The van der Waals surface area contributed by atoms with Gasteiger partial charge in [-0.15, -0.1) is 0 Å². The molecule has 1 N–H and O–H groups in total. The number of hydrogen-bond acceptors (Lipinski definition) is 4. The number of carboxylic acids is 1. The van der Waals surface area contributed by atoms with E-state index in [-0.39, 0.29) is 0 Å². The molecule has 27 heavy (non-hydrogen) atoms. The van der Waals surface area contributed by atoms with Gasteiger partial charge >= 0.3 is 5.97 Å². The molecule has 2 heterocycles. The summed E-state index contributed by atoms with van der Waals surface area (Å²) < 4.78 is 7.38. The first-order valence-electron chi connectivity index (χ1n) is 9.25. The third kappa shape index (κ3) is 3.40. The lowest BCUT2D eigenvalue weighted by molar-refractivity contribution is -0.144. The van der Waals surface area contributed by atoms with Crippen LogP contribution >= 0.6 is 0 Å². The van der Waals surface area contributed by atoms with E-state index >= 15 is 0 Å². The topological polar surface area (TPSA) is 67.6 Å². The molecular formula is C21H23N3O3. The van der Waals surface area contributed by atoms with Crippen molar-refractivity contribution in [3.63, 3.8) is 0 Å². The van der Waals surface area contributed by atoms with Crippen molar-refractivity contribution in [2.45, 2.75) is 31.8 Å². The van der Waals surface area contributed by atoms with Crippen LogP contribution in [0.15, 0.2) is 48.5 Å². The van der Waals surface area contributed by atoms with Crippen LogP contribution < -0.4 is 4.74 Å². The number of imidazole rings is 1. The number of carboxylic acid groups (broad SMARTS) is 1. The molecule has 0 spiro atoms. The Morgan fingerprint density at radius 1 is 1.19 bits per heavy atom. The third-order valence-corrected chi connectivity index (χ3v) is 5.20. The second-order valence-corrected chi connectivity index (χ2v) is 6.87. The lowest BCUT2D eigenvalue weighted by Crippen LogP contribution is -2.44. The minimum atomic E-state index is -0.748. The molecule has 4 rings (SSSR count). The lowest BCUT2D eigenvalue weighted by Gasteiger charge is -2.32. The van der Waals surface area contributed by atoms with E-state index in [1.807, 2.05) is 53.4 Å². The molecule has 3 aromatic rings. The highest BCUT2D eigenvalue weighted by molar-refractivity contribution is 5.78. The fourth-order valence-corrected chi connectivity index (χ4v) is 3.84. The Kier molecular flexibility index (Phi) is 4.81. The van der Waals surface area contributed by atoms with Crippen molar-refractivity contribution >= 4 is 17.0 Å². The lowest BCUT2D eigenvalue weighted by atomic mass is 10.0. The van der Waals surface area contributed by atoms with Gasteiger partial charge in [-0.25, -0.2) is 4.98 Å². The number of ether oxygens (including phenoxy) is 1. The minimum absolute atomic E-state index is 0.442. The first-order chi connectivity index (χ1) is 13.2. The normalized spacial score (nSPS) is 17.9. The predicted molar refractivity (Wildman–Crippen MR) is 103 cm³/mol. The molecule has 0 bridgehead atoms. The van der Waals surface area contributed by atoms with Crippen LogP contribution in [0.1, 0.15) is 25.1 Å². The number of methoxy groups -OCH3 is 1. The van der Waals surface area contributed by atoms with E-state index in [4.69, 9.17) is 9.72 Å². The summed E-state index contributed by atoms with van der Waals surface area (Å²) in [7, 11) is 1.65. The number of fused-ring (bicyclic) bond motifs is 1. The Hall–Kier alpha value is -2.86. The zero-order valence-electron chi connectivity index (χ0n) is 15.3. The van der Waals surface area contributed by atoms with Gasteiger partial charge in [0.05, 0.1) is 24.7 Å². The van der Waals surface area contributed by atoms with Gasteiger partial charge in [0.1, 0.15) is 17.6 Å². The molecule has 1 unspecified atom stereocenters. The highest BCUT2D eigenvalue weighted by Crippen LogP contribution is 2.26. The number of para-hydroxylation sites is 2.